The first-order valence-corrected chi connectivity index (χ1v) is 11.2. The van der Waals surface area contributed by atoms with Crippen molar-refractivity contribution in [1.29, 1.82) is 0 Å². The number of rotatable bonds is 14. The Balaban J connectivity index is 2.90. The molecule has 0 heterocycles. The molecule has 12 nitrogen and oxygen atoms in total. The Labute approximate surface area is 203 Å². The third-order valence-electron chi connectivity index (χ3n) is 5.21. The van der Waals surface area contributed by atoms with Crippen molar-refractivity contribution in [2.45, 2.75) is 70.3 Å². The van der Waals surface area contributed by atoms with Crippen molar-refractivity contribution >= 4 is 29.7 Å². The number of carboxylic acids is 2. The van der Waals surface area contributed by atoms with Crippen molar-refractivity contribution in [3.8, 4) is 0 Å². The minimum Gasteiger partial charge on any atom is -0.481 e. The van der Waals surface area contributed by atoms with Gasteiger partial charge >= 0.3 is 11.9 Å². The summed E-state index contributed by atoms with van der Waals surface area (Å²) in [5.41, 5.74) is 6.36. The number of carboxylic acid groups (broad SMARTS) is 2. The largest absolute Gasteiger partial charge is 0.481 e. The molecule has 0 bridgehead atoms. The molecule has 0 aromatic heterocycles. The number of hydrogen-bond acceptors (Lipinski definition) is 7. The summed E-state index contributed by atoms with van der Waals surface area (Å²) < 4.78 is 0. The minimum absolute atomic E-state index is 0.0126. The fourth-order valence-electron chi connectivity index (χ4n) is 3.16. The van der Waals surface area contributed by atoms with Crippen LogP contribution in [0.5, 0.6) is 0 Å². The molecule has 5 atom stereocenters. The molecule has 3 amide bonds. The first kappa shape index (κ1) is 29.5. The maximum atomic E-state index is 12.9. The van der Waals surface area contributed by atoms with E-state index in [2.05, 4.69) is 16.0 Å². The minimum atomic E-state index is -1.50. The number of hydrogen-bond donors (Lipinski definition) is 7. The van der Waals surface area contributed by atoms with Gasteiger partial charge in [-0.2, -0.15) is 0 Å². The number of nitrogens with one attached hydrogen (secondary N) is 3. The Morgan fingerprint density at radius 3 is 1.89 bits per heavy atom. The SMILES string of the molecule is CC(C)C(NC(=O)C(N)CCC(=O)O)C(=O)NC(C(=O)NC(Cc1ccccc1)C(=O)O)C(C)O. The van der Waals surface area contributed by atoms with Crippen molar-refractivity contribution in [2.75, 3.05) is 0 Å². The number of amides is 3. The monoisotopic (exact) mass is 494 g/mol. The van der Waals surface area contributed by atoms with Crippen molar-refractivity contribution in [1.82, 2.24) is 16.0 Å². The quantitative estimate of drug-likeness (QED) is 0.169. The molecule has 1 aromatic carbocycles. The summed E-state index contributed by atoms with van der Waals surface area (Å²) in [6.07, 6.45) is -1.86. The van der Waals surface area contributed by atoms with Gasteiger partial charge in [-0.15, -0.1) is 0 Å². The van der Waals surface area contributed by atoms with E-state index < -0.39 is 65.8 Å². The average Bonchev–Trinajstić information content (AvgIpc) is 2.78. The smallest absolute Gasteiger partial charge is 0.326 e. The van der Waals surface area contributed by atoms with Gasteiger partial charge in [0.15, 0.2) is 0 Å². The van der Waals surface area contributed by atoms with Gasteiger partial charge in [-0.25, -0.2) is 4.79 Å². The number of aliphatic hydroxyl groups is 1. The van der Waals surface area contributed by atoms with Crippen LogP contribution in [0.15, 0.2) is 30.3 Å². The van der Waals surface area contributed by atoms with E-state index in [1.165, 1.54) is 6.92 Å². The van der Waals surface area contributed by atoms with Gasteiger partial charge in [-0.1, -0.05) is 44.2 Å². The zero-order valence-corrected chi connectivity index (χ0v) is 19.9. The topological polar surface area (TPSA) is 208 Å². The molecule has 0 saturated carbocycles. The Morgan fingerprint density at radius 2 is 1.40 bits per heavy atom. The molecule has 0 spiro atoms. The highest BCUT2D eigenvalue weighted by atomic mass is 16.4. The molecule has 5 unspecified atom stereocenters. The molecule has 0 aliphatic rings. The maximum absolute atomic E-state index is 12.9. The molecule has 0 radical (unpaired) electrons. The standard InChI is InChI=1S/C23H34N4O8/c1-12(2)18(26-20(31)15(24)9-10-17(29)30)21(32)27-19(13(3)28)22(33)25-16(23(34)35)11-14-7-5-4-6-8-14/h4-8,12-13,15-16,18-19,28H,9-11,24H2,1-3H3,(H,25,33)(H,26,31)(H,27,32)(H,29,30)(H,34,35). The maximum Gasteiger partial charge on any atom is 0.326 e. The number of carbonyl (C=O) groups excluding carboxylic acids is 3. The van der Waals surface area contributed by atoms with Crippen LogP contribution in [0.1, 0.15) is 39.2 Å². The lowest BCUT2D eigenvalue weighted by molar-refractivity contribution is -0.143. The highest BCUT2D eigenvalue weighted by Crippen LogP contribution is 2.07. The summed E-state index contributed by atoms with van der Waals surface area (Å²) in [5.74, 6) is -5.32. The molecule has 1 rings (SSSR count). The second-order valence-corrected chi connectivity index (χ2v) is 8.59. The van der Waals surface area contributed by atoms with E-state index in [1.54, 1.807) is 44.2 Å². The van der Waals surface area contributed by atoms with Gasteiger partial charge in [0.2, 0.25) is 17.7 Å². The number of nitrogens with two attached hydrogens (primary N) is 1. The summed E-state index contributed by atoms with van der Waals surface area (Å²) in [7, 11) is 0. The zero-order valence-electron chi connectivity index (χ0n) is 19.9. The molecular formula is C23H34N4O8. The third-order valence-corrected chi connectivity index (χ3v) is 5.21. The van der Waals surface area contributed by atoms with Gasteiger partial charge in [0.05, 0.1) is 12.1 Å². The Kier molecular flexibility index (Phi) is 11.8. The van der Waals surface area contributed by atoms with Gasteiger partial charge in [-0.05, 0) is 24.8 Å². The van der Waals surface area contributed by atoms with Crippen LogP contribution in [0, 0.1) is 5.92 Å². The third kappa shape index (κ3) is 10.1. The second-order valence-electron chi connectivity index (χ2n) is 8.59. The summed E-state index contributed by atoms with van der Waals surface area (Å²) in [4.78, 5) is 60.3. The van der Waals surface area contributed by atoms with Gasteiger partial charge in [0, 0.05) is 12.8 Å². The lowest BCUT2D eigenvalue weighted by Crippen LogP contribution is -2.61. The Hall–Kier alpha value is -3.51. The van der Waals surface area contributed by atoms with Crippen molar-refractivity contribution in [2.24, 2.45) is 11.7 Å². The van der Waals surface area contributed by atoms with E-state index in [4.69, 9.17) is 10.8 Å². The number of benzene rings is 1. The van der Waals surface area contributed by atoms with Crippen LogP contribution in [-0.2, 0) is 30.4 Å². The van der Waals surface area contributed by atoms with E-state index in [1.807, 2.05) is 0 Å². The molecular weight excluding hydrogens is 460 g/mol. The van der Waals surface area contributed by atoms with Gasteiger partial charge in [0.1, 0.15) is 18.1 Å². The molecule has 0 fully saturated rings. The predicted molar refractivity (Wildman–Crippen MR) is 125 cm³/mol. The van der Waals surface area contributed by atoms with Crippen LogP contribution < -0.4 is 21.7 Å². The molecule has 194 valence electrons. The first-order valence-electron chi connectivity index (χ1n) is 11.2. The van der Waals surface area contributed by atoms with Crippen molar-refractivity contribution in [3.05, 3.63) is 35.9 Å². The van der Waals surface area contributed by atoms with E-state index in [0.717, 1.165) is 0 Å². The Morgan fingerprint density at radius 1 is 0.857 bits per heavy atom. The molecule has 0 aliphatic heterocycles. The molecule has 12 heteroatoms. The van der Waals surface area contributed by atoms with Gasteiger partial charge in [-0.3, -0.25) is 19.2 Å². The van der Waals surface area contributed by atoms with E-state index in [9.17, 15) is 34.2 Å². The molecule has 0 saturated heterocycles. The van der Waals surface area contributed by atoms with E-state index in [0.29, 0.717) is 5.56 Å². The fraction of sp³-hybridized carbons (Fsp3) is 0.522. The van der Waals surface area contributed by atoms with Crippen molar-refractivity contribution < 1.29 is 39.3 Å². The van der Waals surface area contributed by atoms with Crippen LogP contribution in [0.25, 0.3) is 0 Å². The molecule has 1 aromatic rings. The normalized spacial score (nSPS) is 15.3. The van der Waals surface area contributed by atoms with Crippen molar-refractivity contribution in [3.63, 3.8) is 0 Å². The summed E-state index contributed by atoms with van der Waals surface area (Å²) in [6, 6.07) is 3.50. The lowest BCUT2D eigenvalue weighted by atomic mass is 10.0. The Bertz CT molecular complexity index is 891. The van der Waals surface area contributed by atoms with Crippen LogP contribution in [0.2, 0.25) is 0 Å². The highest BCUT2D eigenvalue weighted by molar-refractivity contribution is 5.94. The summed E-state index contributed by atoms with van der Waals surface area (Å²) in [5, 5.41) is 35.5. The highest BCUT2D eigenvalue weighted by Gasteiger charge is 2.33. The molecule has 35 heavy (non-hydrogen) atoms. The molecule has 8 N–H and O–H groups in total. The van der Waals surface area contributed by atoms with Gasteiger partial charge < -0.3 is 37.0 Å². The zero-order chi connectivity index (χ0) is 26.7. The number of aliphatic hydroxyl groups excluding tert-OH is 1. The summed E-state index contributed by atoms with van der Waals surface area (Å²) in [6.45, 7) is 4.51. The van der Waals surface area contributed by atoms with Crippen LogP contribution in [0.3, 0.4) is 0 Å². The summed E-state index contributed by atoms with van der Waals surface area (Å²) >= 11 is 0. The molecule has 0 aliphatic carbocycles. The average molecular weight is 495 g/mol. The number of aliphatic carboxylic acids is 2. The lowest BCUT2D eigenvalue weighted by Gasteiger charge is -2.28. The fourth-order valence-corrected chi connectivity index (χ4v) is 3.16. The predicted octanol–water partition coefficient (Wildman–Crippen LogP) is -1.00. The van der Waals surface area contributed by atoms with Crippen LogP contribution in [-0.4, -0.2) is 75.3 Å². The van der Waals surface area contributed by atoms with E-state index >= 15 is 0 Å². The van der Waals surface area contributed by atoms with E-state index in [-0.39, 0.29) is 19.3 Å². The first-order chi connectivity index (χ1) is 16.3. The van der Waals surface area contributed by atoms with Crippen LogP contribution >= 0.6 is 0 Å². The second kappa shape index (κ2) is 14.0. The van der Waals surface area contributed by atoms with Gasteiger partial charge in [0.25, 0.3) is 0 Å². The van der Waals surface area contributed by atoms with Crippen LogP contribution in [0.4, 0.5) is 0 Å². The number of carbonyl (C=O) groups is 5.